The Morgan fingerprint density at radius 3 is 2.19 bits per heavy atom. The highest BCUT2D eigenvalue weighted by Gasteiger charge is 2.45. The number of carbonyl (C=O) groups excluding carboxylic acids is 2. The lowest BCUT2D eigenvalue weighted by Crippen LogP contribution is -2.31. The van der Waals surface area contributed by atoms with Gasteiger partial charge >= 0.3 is 0 Å². The number of aromatic hydroxyl groups is 1. The van der Waals surface area contributed by atoms with Crippen LogP contribution in [0.3, 0.4) is 0 Å². The number of furan rings is 1. The van der Waals surface area contributed by atoms with Crippen LogP contribution in [-0.2, 0) is 4.79 Å². The van der Waals surface area contributed by atoms with E-state index in [9.17, 15) is 19.8 Å². The van der Waals surface area contributed by atoms with Crippen molar-refractivity contribution in [2.45, 2.75) is 18.9 Å². The first-order valence-electron chi connectivity index (χ1n) is 10.5. The lowest BCUT2D eigenvalue weighted by atomic mass is 9.94. The Hall–Kier alpha value is -4.00. The molecule has 2 aromatic carbocycles. The molecule has 3 heterocycles. The molecule has 1 fully saturated rings. The molecule has 3 aromatic rings. The Bertz CT molecular complexity index is 1170. The number of phenolic OH excluding ortho intramolecular Hbond substituents is 1. The first kappa shape index (κ1) is 19.9. The van der Waals surface area contributed by atoms with Crippen molar-refractivity contribution in [3.8, 4) is 5.75 Å². The van der Waals surface area contributed by atoms with Gasteiger partial charge in [0.15, 0.2) is 11.5 Å². The average Bonchev–Trinajstić information content (AvgIpc) is 3.57. The smallest absolute Gasteiger partial charge is 0.294 e. The van der Waals surface area contributed by atoms with E-state index in [4.69, 9.17) is 4.42 Å². The number of phenols is 1. The van der Waals surface area contributed by atoms with Gasteiger partial charge in [0.25, 0.3) is 5.91 Å². The molecule has 32 heavy (non-hydrogen) atoms. The van der Waals surface area contributed by atoms with E-state index in [0.29, 0.717) is 11.3 Å². The first-order valence-corrected chi connectivity index (χ1v) is 10.5. The Labute approximate surface area is 184 Å². The number of carbonyl (C=O) groups is 2. The average molecular weight is 430 g/mol. The number of aliphatic hydroxyl groups is 1. The van der Waals surface area contributed by atoms with Crippen molar-refractivity contribution in [3.05, 3.63) is 89.6 Å². The molecule has 1 aromatic heterocycles. The van der Waals surface area contributed by atoms with E-state index >= 15 is 0 Å². The number of amides is 1. The quantitative estimate of drug-likeness (QED) is 0.584. The van der Waals surface area contributed by atoms with Gasteiger partial charge in [-0.05, 0) is 66.9 Å². The van der Waals surface area contributed by atoms with Crippen LogP contribution in [0.2, 0.25) is 0 Å². The van der Waals surface area contributed by atoms with Gasteiger partial charge < -0.3 is 19.5 Å². The summed E-state index contributed by atoms with van der Waals surface area (Å²) in [6.07, 6.45) is 3.68. The number of hydrogen-bond donors (Lipinski definition) is 2. The minimum Gasteiger partial charge on any atom is -0.508 e. The molecule has 2 aliphatic heterocycles. The Morgan fingerprint density at radius 1 is 0.906 bits per heavy atom. The van der Waals surface area contributed by atoms with E-state index in [1.165, 1.54) is 29.4 Å². The molecular formula is C25H22N2O5. The molecule has 0 radical (unpaired) electrons. The van der Waals surface area contributed by atoms with Crippen LogP contribution in [0.5, 0.6) is 5.75 Å². The fourth-order valence-electron chi connectivity index (χ4n) is 4.42. The largest absolute Gasteiger partial charge is 0.508 e. The molecule has 0 aliphatic carbocycles. The Kier molecular flexibility index (Phi) is 4.93. The van der Waals surface area contributed by atoms with Gasteiger partial charge in [0.1, 0.15) is 5.75 Å². The number of anilines is 2. The molecule has 1 amide bonds. The predicted molar refractivity (Wildman–Crippen MR) is 119 cm³/mol. The molecule has 0 spiro atoms. The van der Waals surface area contributed by atoms with Gasteiger partial charge in [-0.1, -0.05) is 12.1 Å². The maximum absolute atomic E-state index is 13.2. The van der Waals surface area contributed by atoms with Gasteiger partial charge in [-0.3, -0.25) is 14.5 Å². The fourth-order valence-corrected chi connectivity index (χ4v) is 4.42. The van der Waals surface area contributed by atoms with Gasteiger partial charge in [-0.25, -0.2) is 0 Å². The highest BCUT2D eigenvalue weighted by atomic mass is 16.3. The van der Waals surface area contributed by atoms with Crippen molar-refractivity contribution in [3.63, 3.8) is 0 Å². The molecule has 2 N–H and O–H groups in total. The summed E-state index contributed by atoms with van der Waals surface area (Å²) >= 11 is 0. The summed E-state index contributed by atoms with van der Waals surface area (Å²) < 4.78 is 5.24. The van der Waals surface area contributed by atoms with Crippen LogP contribution in [0, 0.1) is 0 Å². The monoisotopic (exact) mass is 430 g/mol. The van der Waals surface area contributed by atoms with Gasteiger partial charge in [-0.15, -0.1) is 0 Å². The minimum atomic E-state index is -0.863. The molecule has 1 unspecified atom stereocenters. The summed E-state index contributed by atoms with van der Waals surface area (Å²) in [6, 6.07) is 16.0. The summed E-state index contributed by atoms with van der Waals surface area (Å²) in [5, 5.41) is 20.5. The number of Topliss-reactive ketones (excluding diaryl/α,β-unsaturated/α-hetero) is 1. The molecule has 1 saturated heterocycles. The molecular weight excluding hydrogens is 408 g/mol. The van der Waals surface area contributed by atoms with Crippen molar-refractivity contribution in [2.24, 2.45) is 0 Å². The lowest BCUT2D eigenvalue weighted by Gasteiger charge is -2.27. The molecule has 5 rings (SSSR count). The summed E-state index contributed by atoms with van der Waals surface area (Å²) in [4.78, 5) is 30.0. The van der Waals surface area contributed by atoms with Crippen LogP contribution in [0.15, 0.2) is 82.7 Å². The number of nitrogens with zero attached hydrogens (tertiary/aromatic N) is 2. The van der Waals surface area contributed by atoms with Crippen LogP contribution in [0.4, 0.5) is 11.4 Å². The molecule has 2 aliphatic rings. The van der Waals surface area contributed by atoms with E-state index in [-0.39, 0.29) is 17.1 Å². The fraction of sp³-hybridized carbons (Fsp3) is 0.200. The Morgan fingerprint density at radius 2 is 1.56 bits per heavy atom. The second-order valence-electron chi connectivity index (χ2n) is 7.95. The zero-order valence-corrected chi connectivity index (χ0v) is 17.3. The molecule has 0 saturated carbocycles. The van der Waals surface area contributed by atoms with Gasteiger partial charge in [0, 0.05) is 24.5 Å². The van der Waals surface area contributed by atoms with Crippen molar-refractivity contribution in [1.82, 2.24) is 0 Å². The second-order valence-corrected chi connectivity index (χ2v) is 7.95. The van der Waals surface area contributed by atoms with Crippen LogP contribution in [0.25, 0.3) is 0 Å². The van der Waals surface area contributed by atoms with Crippen LogP contribution >= 0.6 is 0 Å². The highest BCUT2D eigenvalue weighted by Crippen LogP contribution is 2.42. The molecule has 7 nitrogen and oxygen atoms in total. The Balaban J connectivity index is 1.57. The predicted octanol–water partition coefficient (Wildman–Crippen LogP) is 4.37. The van der Waals surface area contributed by atoms with Crippen LogP contribution in [-0.4, -0.2) is 35.0 Å². The third-order valence-corrected chi connectivity index (χ3v) is 6.01. The van der Waals surface area contributed by atoms with Gasteiger partial charge in [0.2, 0.25) is 5.78 Å². The highest BCUT2D eigenvalue weighted by molar-refractivity contribution is 6.20. The SMILES string of the molecule is O=C(C1=C(O)C(=O)N(c2ccc(N3CCCC3)cc2)C1c1ccc(O)cc1)c1ccco1. The number of rotatable bonds is 5. The van der Waals surface area contributed by atoms with Crippen LogP contribution in [0.1, 0.15) is 35.0 Å². The third-order valence-electron chi connectivity index (χ3n) is 6.01. The number of benzene rings is 2. The number of ketones is 1. The zero-order chi connectivity index (χ0) is 22.2. The number of aliphatic hydroxyl groups excluding tert-OH is 1. The van der Waals surface area contributed by atoms with Crippen molar-refractivity contribution < 1.29 is 24.2 Å². The first-order chi connectivity index (χ1) is 15.5. The summed E-state index contributed by atoms with van der Waals surface area (Å²) in [7, 11) is 0. The van der Waals surface area contributed by atoms with E-state index in [2.05, 4.69) is 4.90 Å². The van der Waals surface area contributed by atoms with Crippen molar-refractivity contribution in [1.29, 1.82) is 0 Å². The topological polar surface area (TPSA) is 94.2 Å². The third kappa shape index (κ3) is 3.32. The van der Waals surface area contributed by atoms with Gasteiger partial charge in [-0.2, -0.15) is 0 Å². The standard InChI is InChI=1S/C25H22N2O5/c28-19-11-5-16(6-12-19)22-21(23(29)20-4-3-15-32-20)24(30)25(31)27(22)18-9-7-17(8-10-18)26-13-1-2-14-26/h3-12,15,22,28,30H,1-2,13-14H2. The van der Waals surface area contributed by atoms with E-state index in [0.717, 1.165) is 31.6 Å². The molecule has 162 valence electrons. The van der Waals surface area contributed by atoms with E-state index in [1.807, 2.05) is 24.3 Å². The normalized spacial score (nSPS) is 18.6. The lowest BCUT2D eigenvalue weighted by molar-refractivity contribution is -0.117. The summed E-state index contributed by atoms with van der Waals surface area (Å²) in [5.41, 5.74) is 2.16. The van der Waals surface area contributed by atoms with Crippen molar-refractivity contribution in [2.75, 3.05) is 22.9 Å². The number of hydrogen-bond acceptors (Lipinski definition) is 6. The second kappa shape index (κ2) is 7.92. The van der Waals surface area contributed by atoms with E-state index < -0.39 is 23.5 Å². The zero-order valence-electron chi connectivity index (χ0n) is 17.3. The molecule has 1 atom stereocenters. The van der Waals surface area contributed by atoms with E-state index in [1.54, 1.807) is 18.2 Å². The summed E-state index contributed by atoms with van der Waals surface area (Å²) in [5.74, 6) is -1.73. The summed E-state index contributed by atoms with van der Waals surface area (Å²) in [6.45, 7) is 2.00. The minimum absolute atomic E-state index is 0.0364. The molecule has 7 heteroatoms. The van der Waals surface area contributed by atoms with Crippen LogP contribution < -0.4 is 9.80 Å². The molecule has 0 bridgehead atoms. The van der Waals surface area contributed by atoms with Crippen molar-refractivity contribution >= 4 is 23.1 Å². The maximum Gasteiger partial charge on any atom is 0.294 e. The maximum atomic E-state index is 13.2. The van der Waals surface area contributed by atoms with Gasteiger partial charge in [0.05, 0.1) is 17.9 Å².